The first kappa shape index (κ1) is 16.9. The van der Waals surface area contributed by atoms with Crippen molar-refractivity contribution in [1.29, 1.82) is 0 Å². The van der Waals surface area contributed by atoms with Crippen molar-refractivity contribution in [2.45, 2.75) is 33.2 Å². The Morgan fingerprint density at radius 2 is 1.87 bits per heavy atom. The van der Waals surface area contributed by atoms with E-state index in [-0.39, 0.29) is 18.0 Å². The maximum absolute atomic E-state index is 12.2. The summed E-state index contributed by atoms with van der Waals surface area (Å²) in [5, 5.41) is 4.33. The first-order valence-corrected chi connectivity index (χ1v) is 7.90. The number of benzene rings is 1. The minimum Gasteiger partial charge on any atom is -0.344 e. The van der Waals surface area contributed by atoms with Crippen LogP contribution in [0.15, 0.2) is 41.2 Å². The molecule has 0 saturated heterocycles. The standard InChI is InChI=1S/C18H23N3O2/c1-4-5-12-20(3)18(23)13-21-17(22)11-10-16(19-21)15-8-6-14(2)7-9-15/h6-11H,4-5,12-13H2,1-3H3. The molecule has 5 nitrogen and oxygen atoms in total. The predicted molar refractivity (Wildman–Crippen MR) is 91.2 cm³/mol. The van der Waals surface area contributed by atoms with Crippen molar-refractivity contribution in [3.05, 3.63) is 52.3 Å². The van der Waals surface area contributed by atoms with E-state index in [0.717, 1.165) is 24.0 Å². The van der Waals surface area contributed by atoms with Crippen LogP contribution in [0.5, 0.6) is 0 Å². The van der Waals surface area contributed by atoms with Gasteiger partial charge in [0.15, 0.2) is 0 Å². The number of rotatable bonds is 6. The fourth-order valence-electron chi connectivity index (χ4n) is 2.21. The van der Waals surface area contributed by atoms with Crippen molar-refractivity contribution < 1.29 is 4.79 Å². The zero-order valence-electron chi connectivity index (χ0n) is 14.0. The van der Waals surface area contributed by atoms with Crippen LogP contribution in [0.25, 0.3) is 11.3 Å². The summed E-state index contributed by atoms with van der Waals surface area (Å²) in [5.41, 5.74) is 2.51. The summed E-state index contributed by atoms with van der Waals surface area (Å²) in [5.74, 6) is -0.103. The Balaban J connectivity index is 2.19. The van der Waals surface area contributed by atoms with Crippen LogP contribution in [-0.2, 0) is 11.3 Å². The molecule has 0 aliphatic rings. The molecule has 1 amide bonds. The summed E-state index contributed by atoms with van der Waals surface area (Å²) in [6.07, 6.45) is 1.98. The SMILES string of the molecule is CCCCN(C)C(=O)Cn1nc(-c2ccc(C)cc2)ccc1=O. The molecule has 0 bridgehead atoms. The summed E-state index contributed by atoms with van der Waals surface area (Å²) in [7, 11) is 1.76. The van der Waals surface area contributed by atoms with Crippen molar-refractivity contribution in [2.24, 2.45) is 0 Å². The van der Waals surface area contributed by atoms with Crippen molar-refractivity contribution in [1.82, 2.24) is 14.7 Å². The lowest BCUT2D eigenvalue weighted by atomic mass is 10.1. The Hall–Kier alpha value is -2.43. The molecule has 0 radical (unpaired) electrons. The van der Waals surface area contributed by atoms with Gasteiger partial charge in [0.2, 0.25) is 5.91 Å². The van der Waals surface area contributed by atoms with E-state index >= 15 is 0 Å². The normalized spacial score (nSPS) is 10.6. The molecule has 0 aliphatic carbocycles. The fraction of sp³-hybridized carbons (Fsp3) is 0.389. The molecule has 23 heavy (non-hydrogen) atoms. The second-order valence-electron chi connectivity index (χ2n) is 5.75. The van der Waals surface area contributed by atoms with Gasteiger partial charge in [-0.25, -0.2) is 4.68 Å². The van der Waals surface area contributed by atoms with E-state index in [1.165, 1.54) is 10.7 Å². The van der Waals surface area contributed by atoms with E-state index in [1.807, 2.05) is 31.2 Å². The Morgan fingerprint density at radius 1 is 1.17 bits per heavy atom. The van der Waals surface area contributed by atoms with Crippen molar-refractivity contribution in [3.8, 4) is 11.3 Å². The van der Waals surface area contributed by atoms with Crippen LogP contribution in [-0.4, -0.2) is 34.2 Å². The van der Waals surface area contributed by atoms with Crippen molar-refractivity contribution in [3.63, 3.8) is 0 Å². The number of carbonyl (C=O) groups excluding carboxylic acids is 1. The van der Waals surface area contributed by atoms with Gasteiger partial charge in [-0.05, 0) is 19.4 Å². The molecule has 0 fully saturated rings. The smallest absolute Gasteiger partial charge is 0.267 e. The summed E-state index contributed by atoms with van der Waals surface area (Å²) < 4.78 is 1.24. The minimum absolute atomic E-state index is 0.0290. The summed E-state index contributed by atoms with van der Waals surface area (Å²) >= 11 is 0. The largest absolute Gasteiger partial charge is 0.344 e. The topological polar surface area (TPSA) is 55.2 Å². The van der Waals surface area contributed by atoms with E-state index in [1.54, 1.807) is 18.0 Å². The number of likely N-dealkylation sites (N-methyl/N-ethyl adjacent to an activating group) is 1. The Kier molecular flexibility index (Phi) is 5.68. The lowest BCUT2D eigenvalue weighted by Gasteiger charge is -2.17. The molecule has 1 aromatic heterocycles. The van der Waals surface area contributed by atoms with E-state index in [4.69, 9.17) is 0 Å². The third kappa shape index (κ3) is 4.52. The van der Waals surface area contributed by atoms with Gasteiger partial charge in [-0.3, -0.25) is 9.59 Å². The highest BCUT2D eigenvalue weighted by Crippen LogP contribution is 2.15. The van der Waals surface area contributed by atoms with Crippen LogP contribution >= 0.6 is 0 Å². The average Bonchev–Trinajstić information content (AvgIpc) is 2.55. The highest BCUT2D eigenvalue weighted by Gasteiger charge is 2.11. The van der Waals surface area contributed by atoms with Gasteiger partial charge in [-0.1, -0.05) is 43.2 Å². The van der Waals surface area contributed by atoms with Gasteiger partial charge in [-0.15, -0.1) is 0 Å². The number of unbranched alkanes of at least 4 members (excludes halogenated alkanes) is 1. The van der Waals surface area contributed by atoms with E-state index in [2.05, 4.69) is 12.0 Å². The molecular formula is C18H23N3O2. The number of hydrogen-bond acceptors (Lipinski definition) is 3. The van der Waals surface area contributed by atoms with Gasteiger partial charge in [0, 0.05) is 25.2 Å². The Labute approximate surface area is 136 Å². The Morgan fingerprint density at radius 3 is 2.52 bits per heavy atom. The van der Waals surface area contributed by atoms with Crippen LogP contribution in [0.4, 0.5) is 0 Å². The van der Waals surface area contributed by atoms with Crippen molar-refractivity contribution in [2.75, 3.05) is 13.6 Å². The van der Waals surface area contributed by atoms with E-state index < -0.39 is 0 Å². The molecule has 0 spiro atoms. The number of aromatic nitrogens is 2. The van der Waals surface area contributed by atoms with Crippen LogP contribution < -0.4 is 5.56 Å². The second kappa shape index (κ2) is 7.72. The molecule has 122 valence electrons. The van der Waals surface area contributed by atoms with Crippen LogP contribution in [0.3, 0.4) is 0 Å². The number of amides is 1. The minimum atomic E-state index is -0.266. The molecule has 5 heteroatoms. The van der Waals surface area contributed by atoms with Gasteiger partial charge in [0.05, 0.1) is 5.69 Å². The van der Waals surface area contributed by atoms with Gasteiger partial charge in [-0.2, -0.15) is 5.10 Å². The molecule has 0 atom stereocenters. The molecule has 0 aliphatic heterocycles. The number of nitrogens with zero attached hydrogens (tertiary/aromatic N) is 3. The monoisotopic (exact) mass is 313 g/mol. The first-order chi connectivity index (χ1) is 11.0. The highest BCUT2D eigenvalue weighted by atomic mass is 16.2. The van der Waals surface area contributed by atoms with E-state index in [0.29, 0.717) is 12.2 Å². The number of aryl methyl sites for hydroxylation is 1. The number of carbonyl (C=O) groups is 1. The quantitative estimate of drug-likeness (QED) is 0.823. The molecular weight excluding hydrogens is 290 g/mol. The zero-order chi connectivity index (χ0) is 16.8. The van der Waals surface area contributed by atoms with Crippen molar-refractivity contribution >= 4 is 5.91 Å². The highest BCUT2D eigenvalue weighted by molar-refractivity contribution is 5.75. The van der Waals surface area contributed by atoms with Gasteiger partial charge in [0.1, 0.15) is 6.54 Å². The summed E-state index contributed by atoms with van der Waals surface area (Å²) in [4.78, 5) is 25.8. The second-order valence-corrected chi connectivity index (χ2v) is 5.75. The molecule has 0 unspecified atom stereocenters. The summed E-state index contributed by atoms with van der Waals surface area (Å²) in [6.45, 7) is 4.76. The molecule has 2 aromatic rings. The van der Waals surface area contributed by atoms with Crippen LogP contribution in [0, 0.1) is 6.92 Å². The molecule has 0 N–H and O–H groups in total. The summed E-state index contributed by atoms with van der Waals surface area (Å²) in [6, 6.07) is 11.1. The predicted octanol–water partition coefficient (Wildman–Crippen LogP) is 2.48. The maximum Gasteiger partial charge on any atom is 0.267 e. The molecule has 0 saturated carbocycles. The molecule has 1 heterocycles. The van der Waals surface area contributed by atoms with Gasteiger partial charge >= 0.3 is 0 Å². The van der Waals surface area contributed by atoms with Crippen LogP contribution in [0.1, 0.15) is 25.3 Å². The lowest BCUT2D eigenvalue weighted by molar-refractivity contribution is -0.130. The third-order valence-electron chi connectivity index (χ3n) is 3.77. The fourth-order valence-corrected chi connectivity index (χ4v) is 2.21. The molecule has 1 aromatic carbocycles. The zero-order valence-corrected chi connectivity index (χ0v) is 14.0. The first-order valence-electron chi connectivity index (χ1n) is 7.90. The van der Waals surface area contributed by atoms with E-state index in [9.17, 15) is 9.59 Å². The maximum atomic E-state index is 12.2. The van der Waals surface area contributed by atoms with Gasteiger partial charge < -0.3 is 4.90 Å². The molecule has 2 rings (SSSR count). The Bertz CT molecular complexity index is 720. The van der Waals surface area contributed by atoms with Gasteiger partial charge in [0.25, 0.3) is 5.56 Å². The third-order valence-corrected chi connectivity index (χ3v) is 3.77. The average molecular weight is 313 g/mol. The lowest BCUT2D eigenvalue weighted by Crippen LogP contribution is -2.35. The number of hydrogen-bond donors (Lipinski definition) is 0. The van der Waals surface area contributed by atoms with Crippen LogP contribution in [0.2, 0.25) is 0 Å².